The molecule has 0 radical (unpaired) electrons. The van der Waals surface area contributed by atoms with Crippen molar-refractivity contribution in [1.29, 1.82) is 0 Å². The number of carbonyl (C=O) groups is 1. The van der Waals surface area contributed by atoms with Gasteiger partial charge in [-0.05, 0) is 26.2 Å². The number of hydrogen-bond donors (Lipinski definition) is 4. The number of fused-ring (bicyclic) bond motifs is 1. The van der Waals surface area contributed by atoms with Crippen LogP contribution in [0.4, 0.5) is 0 Å². The maximum absolute atomic E-state index is 12.2. The number of aliphatic hydroxyl groups excluding tert-OH is 3. The quantitative estimate of drug-likeness (QED) is 0.583. The number of ether oxygens (including phenoxy) is 1. The highest BCUT2D eigenvalue weighted by atomic mass is 16.7. The first kappa shape index (κ1) is 15.2. The van der Waals surface area contributed by atoms with Crippen molar-refractivity contribution in [1.82, 2.24) is 5.32 Å². The van der Waals surface area contributed by atoms with E-state index in [4.69, 9.17) is 4.74 Å². The largest absolute Gasteiger partial charge is 0.393 e. The van der Waals surface area contributed by atoms with Gasteiger partial charge in [0.25, 0.3) is 0 Å². The third-order valence-electron chi connectivity index (χ3n) is 5.94. The maximum atomic E-state index is 12.2. The highest BCUT2D eigenvalue weighted by Crippen LogP contribution is 2.55. The molecule has 0 spiro atoms. The van der Waals surface area contributed by atoms with Gasteiger partial charge in [0, 0.05) is 5.92 Å². The Bertz CT molecular complexity index is 444. The van der Waals surface area contributed by atoms with E-state index in [-0.39, 0.29) is 11.8 Å². The zero-order valence-electron chi connectivity index (χ0n) is 12.6. The van der Waals surface area contributed by atoms with E-state index in [1.54, 1.807) is 6.92 Å². The monoisotopic (exact) mass is 299 g/mol. The number of carbonyl (C=O) groups excluding carboxylic acids is 1. The summed E-state index contributed by atoms with van der Waals surface area (Å²) >= 11 is 0. The van der Waals surface area contributed by atoms with Gasteiger partial charge in [-0.3, -0.25) is 4.79 Å². The van der Waals surface area contributed by atoms with Gasteiger partial charge >= 0.3 is 0 Å². The second-order valence-corrected chi connectivity index (χ2v) is 6.86. The molecule has 3 rings (SSSR count). The van der Waals surface area contributed by atoms with E-state index in [1.807, 2.05) is 6.92 Å². The summed E-state index contributed by atoms with van der Waals surface area (Å²) < 4.78 is 5.51. The molecule has 0 aromatic heterocycles. The summed E-state index contributed by atoms with van der Waals surface area (Å²) in [6.45, 7) is 3.66. The van der Waals surface area contributed by atoms with Crippen LogP contribution in [0.5, 0.6) is 0 Å². The Morgan fingerprint density at radius 1 is 1.38 bits per heavy atom. The van der Waals surface area contributed by atoms with Crippen LogP contribution in [0.15, 0.2) is 0 Å². The molecule has 0 bridgehead atoms. The second-order valence-electron chi connectivity index (χ2n) is 6.86. The minimum Gasteiger partial charge on any atom is -0.393 e. The number of hydrogen-bond acceptors (Lipinski definition) is 5. The SMILES string of the molecule is CCC1C(=O)NC2(C(O)C3CCCCC3O)C(O)OC12C. The summed E-state index contributed by atoms with van der Waals surface area (Å²) in [7, 11) is 0. The minimum absolute atomic E-state index is 0.194. The van der Waals surface area contributed by atoms with Gasteiger partial charge in [0.1, 0.15) is 11.1 Å². The predicted octanol–water partition coefficient (Wildman–Crippen LogP) is -0.0995. The molecule has 6 nitrogen and oxygen atoms in total. The lowest BCUT2D eigenvalue weighted by atomic mass is 9.63. The smallest absolute Gasteiger partial charge is 0.226 e. The van der Waals surface area contributed by atoms with Crippen LogP contribution in [0.2, 0.25) is 0 Å². The molecule has 1 amide bonds. The minimum atomic E-state index is -1.23. The summed E-state index contributed by atoms with van der Waals surface area (Å²) in [6.07, 6.45) is 0.963. The van der Waals surface area contributed by atoms with Gasteiger partial charge in [-0.25, -0.2) is 0 Å². The Morgan fingerprint density at radius 3 is 2.62 bits per heavy atom. The van der Waals surface area contributed by atoms with Gasteiger partial charge in [0.15, 0.2) is 6.29 Å². The fourth-order valence-corrected chi connectivity index (χ4v) is 4.64. The van der Waals surface area contributed by atoms with Crippen molar-refractivity contribution in [3.05, 3.63) is 0 Å². The predicted molar refractivity (Wildman–Crippen MR) is 74.1 cm³/mol. The summed E-state index contributed by atoms with van der Waals surface area (Å²) in [5.41, 5.74) is -2.12. The van der Waals surface area contributed by atoms with Crippen LogP contribution >= 0.6 is 0 Å². The van der Waals surface area contributed by atoms with Crippen LogP contribution in [-0.2, 0) is 9.53 Å². The first-order chi connectivity index (χ1) is 9.88. The molecule has 2 saturated heterocycles. The highest BCUT2D eigenvalue weighted by Gasteiger charge is 2.77. The highest BCUT2D eigenvalue weighted by molar-refractivity contribution is 5.85. The van der Waals surface area contributed by atoms with Gasteiger partial charge in [-0.1, -0.05) is 19.8 Å². The molecule has 3 aliphatic rings. The van der Waals surface area contributed by atoms with Crippen LogP contribution in [0.1, 0.15) is 46.0 Å². The van der Waals surface area contributed by atoms with E-state index in [0.29, 0.717) is 19.3 Å². The average Bonchev–Trinajstić information content (AvgIpc) is 2.62. The van der Waals surface area contributed by atoms with Crippen LogP contribution in [0.3, 0.4) is 0 Å². The molecule has 3 fully saturated rings. The Morgan fingerprint density at radius 2 is 2.05 bits per heavy atom. The molecule has 1 saturated carbocycles. The molecule has 0 aromatic carbocycles. The molecule has 7 atom stereocenters. The lowest BCUT2D eigenvalue weighted by Crippen LogP contribution is -2.82. The molecular weight excluding hydrogens is 274 g/mol. The van der Waals surface area contributed by atoms with Gasteiger partial charge in [-0.15, -0.1) is 0 Å². The maximum Gasteiger partial charge on any atom is 0.226 e. The topological polar surface area (TPSA) is 99.0 Å². The fourth-order valence-electron chi connectivity index (χ4n) is 4.64. The van der Waals surface area contributed by atoms with Crippen molar-refractivity contribution in [2.45, 2.75) is 75.6 Å². The van der Waals surface area contributed by atoms with E-state index in [2.05, 4.69) is 5.32 Å². The van der Waals surface area contributed by atoms with E-state index in [9.17, 15) is 20.1 Å². The van der Waals surface area contributed by atoms with E-state index >= 15 is 0 Å². The Balaban J connectivity index is 1.93. The van der Waals surface area contributed by atoms with Crippen molar-refractivity contribution in [2.75, 3.05) is 0 Å². The van der Waals surface area contributed by atoms with Crippen molar-refractivity contribution < 1.29 is 24.9 Å². The third kappa shape index (κ3) is 1.76. The van der Waals surface area contributed by atoms with Crippen LogP contribution in [0.25, 0.3) is 0 Å². The first-order valence-corrected chi connectivity index (χ1v) is 7.92. The van der Waals surface area contributed by atoms with E-state index in [0.717, 1.165) is 12.8 Å². The van der Waals surface area contributed by atoms with Gasteiger partial charge in [-0.2, -0.15) is 0 Å². The Hall–Kier alpha value is -0.690. The van der Waals surface area contributed by atoms with Crippen molar-refractivity contribution in [3.8, 4) is 0 Å². The molecule has 1 aliphatic carbocycles. The van der Waals surface area contributed by atoms with Crippen LogP contribution < -0.4 is 5.32 Å². The van der Waals surface area contributed by atoms with Gasteiger partial charge < -0.3 is 25.4 Å². The van der Waals surface area contributed by atoms with Gasteiger partial charge in [0.05, 0.1) is 18.1 Å². The normalized spacial score (nSPS) is 51.0. The number of rotatable bonds is 3. The first-order valence-electron chi connectivity index (χ1n) is 7.92. The molecule has 21 heavy (non-hydrogen) atoms. The summed E-state index contributed by atoms with van der Waals surface area (Å²) in [5, 5.41) is 34.0. The Kier molecular flexibility index (Phi) is 3.56. The molecule has 2 heterocycles. The Labute approximate surface area is 124 Å². The zero-order valence-corrected chi connectivity index (χ0v) is 12.6. The van der Waals surface area contributed by atoms with E-state index in [1.165, 1.54) is 0 Å². The van der Waals surface area contributed by atoms with Crippen LogP contribution in [0, 0.1) is 11.8 Å². The third-order valence-corrected chi connectivity index (χ3v) is 5.94. The number of aliphatic hydroxyl groups is 3. The molecule has 2 aliphatic heterocycles. The van der Waals surface area contributed by atoms with Crippen LogP contribution in [-0.4, -0.2) is 50.9 Å². The summed E-state index contributed by atoms with van der Waals surface area (Å²) in [6, 6.07) is 0. The fraction of sp³-hybridized carbons (Fsp3) is 0.933. The molecule has 6 heteroatoms. The van der Waals surface area contributed by atoms with Crippen molar-refractivity contribution in [3.63, 3.8) is 0 Å². The van der Waals surface area contributed by atoms with E-state index < -0.39 is 35.6 Å². The lowest BCUT2D eigenvalue weighted by Gasteiger charge is -2.60. The molecule has 120 valence electrons. The molecular formula is C15H25NO5. The second kappa shape index (κ2) is 4.91. The number of amides is 1. The zero-order chi connectivity index (χ0) is 15.4. The molecule has 0 aromatic rings. The van der Waals surface area contributed by atoms with Gasteiger partial charge in [0.2, 0.25) is 5.91 Å². The van der Waals surface area contributed by atoms with Crippen molar-refractivity contribution >= 4 is 5.91 Å². The lowest BCUT2D eigenvalue weighted by molar-refractivity contribution is -0.373. The summed E-state index contributed by atoms with van der Waals surface area (Å²) in [5.74, 6) is -0.926. The standard InChI is InChI=1S/C15H25NO5/c1-3-9-12(19)16-15(13(20)21-14(9,15)2)11(18)8-6-4-5-7-10(8)17/h8-11,13,17-18,20H,3-7H2,1-2H3,(H,16,19). The summed E-state index contributed by atoms with van der Waals surface area (Å²) in [4.78, 5) is 12.2. The molecule has 4 N–H and O–H groups in total. The molecule has 7 unspecified atom stereocenters. The number of nitrogens with one attached hydrogen (secondary N) is 1. The average molecular weight is 299 g/mol. The van der Waals surface area contributed by atoms with Crippen molar-refractivity contribution in [2.24, 2.45) is 11.8 Å².